The highest BCUT2D eigenvalue weighted by Crippen LogP contribution is 2.44. The van der Waals surface area contributed by atoms with Crippen molar-refractivity contribution in [2.45, 2.75) is 32.3 Å². The summed E-state index contributed by atoms with van der Waals surface area (Å²) in [5.74, 6) is -1.05. The molecule has 0 fully saturated rings. The fraction of sp³-hybridized carbons (Fsp3) is 0.217. The molecule has 0 saturated heterocycles. The van der Waals surface area contributed by atoms with Gasteiger partial charge in [0.05, 0.1) is 11.1 Å². The Morgan fingerprint density at radius 2 is 2.10 bits per heavy atom. The van der Waals surface area contributed by atoms with Gasteiger partial charge in [-0.3, -0.25) is 9.78 Å². The van der Waals surface area contributed by atoms with Crippen molar-refractivity contribution in [2.75, 3.05) is 5.32 Å². The molecular weight excluding hydrogens is 398 g/mol. The van der Waals surface area contributed by atoms with E-state index in [1.54, 1.807) is 25.3 Å². The normalized spacial score (nSPS) is 12.8. The van der Waals surface area contributed by atoms with Gasteiger partial charge < -0.3 is 10.1 Å². The van der Waals surface area contributed by atoms with Gasteiger partial charge in [-0.2, -0.15) is 5.26 Å². The van der Waals surface area contributed by atoms with Gasteiger partial charge in [-0.1, -0.05) is 31.2 Å². The summed E-state index contributed by atoms with van der Waals surface area (Å²) in [5.41, 5.74) is 4.09. The van der Waals surface area contributed by atoms with Crippen LogP contribution in [0.3, 0.4) is 0 Å². The highest BCUT2D eigenvalue weighted by atomic mass is 32.1. The van der Waals surface area contributed by atoms with Crippen LogP contribution >= 0.6 is 11.3 Å². The molecule has 7 heteroatoms. The van der Waals surface area contributed by atoms with E-state index in [0.717, 1.165) is 28.8 Å². The third-order valence-electron chi connectivity index (χ3n) is 5.07. The lowest BCUT2D eigenvalue weighted by molar-refractivity contribution is -0.124. The molecule has 1 amide bonds. The van der Waals surface area contributed by atoms with Crippen molar-refractivity contribution >= 4 is 28.2 Å². The number of nitriles is 1. The largest absolute Gasteiger partial charge is 0.449 e. The molecule has 1 atom stereocenters. The third-order valence-corrected chi connectivity index (χ3v) is 6.25. The average molecular weight is 417 g/mol. The first-order valence-corrected chi connectivity index (χ1v) is 10.5. The van der Waals surface area contributed by atoms with Crippen LogP contribution in [0, 0.1) is 11.3 Å². The lowest BCUT2D eigenvalue weighted by Gasteiger charge is -2.15. The maximum atomic E-state index is 12.8. The second-order valence-corrected chi connectivity index (χ2v) is 7.94. The van der Waals surface area contributed by atoms with Gasteiger partial charge in [0.1, 0.15) is 11.1 Å². The first-order valence-electron chi connectivity index (χ1n) is 9.68. The number of rotatable bonds is 5. The monoisotopic (exact) mass is 417 g/mol. The summed E-state index contributed by atoms with van der Waals surface area (Å²) in [5, 5.41) is 13.0. The van der Waals surface area contributed by atoms with E-state index in [1.165, 1.54) is 23.1 Å². The van der Waals surface area contributed by atoms with E-state index in [2.05, 4.69) is 22.4 Å². The molecule has 1 aromatic carbocycles. The van der Waals surface area contributed by atoms with E-state index >= 15 is 0 Å². The molecule has 30 heavy (non-hydrogen) atoms. The van der Waals surface area contributed by atoms with Crippen molar-refractivity contribution in [3.63, 3.8) is 0 Å². The number of nitrogens with one attached hydrogen (secondary N) is 1. The summed E-state index contributed by atoms with van der Waals surface area (Å²) in [7, 11) is 0. The zero-order valence-electron chi connectivity index (χ0n) is 16.3. The Kier molecular flexibility index (Phi) is 5.59. The minimum absolute atomic E-state index is 0.282. The van der Waals surface area contributed by atoms with Crippen LogP contribution < -0.4 is 5.32 Å². The van der Waals surface area contributed by atoms with E-state index in [-0.39, 0.29) is 5.56 Å². The van der Waals surface area contributed by atoms with Gasteiger partial charge in [0.2, 0.25) is 0 Å². The molecule has 2 aromatic heterocycles. The second kappa shape index (κ2) is 8.47. The first kappa shape index (κ1) is 19.8. The maximum Gasteiger partial charge on any atom is 0.340 e. The van der Waals surface area contributed by atoms with Gasteiger partial charge in [0.25, 0.3) is 5.91 Å². The number of benzene rings is 1. The van der Waals surface area contributed by atoms with Crippen LogP contribution in [0.4, 0.5) is 5.00 Å². The molecule has 0 bridgehead atoms. The Balaban J connectivity index is 1.57. The molecule has 0 saturated carbocycles. The number of fused-ring (bicyclic) bond motifs is 3. The van der Waals surface area contributed by atoms with E-state index in [0.29, 0.717) is 17.0 Å². The van der Waals surface area contributed by atoms with Crippen LogP contribution in [-0.4, -0.2) is 23.0 Å². The Morgan fingerprint density at radius 3 is 2.83 bits per heavy atom. The molecule has 1 aliphatic carbocycles. The number of carbonyl (C=O) groups excluding carboxylic acids is 2. The van der Waals surface area contributed by atoms with E-state index in [9.17, 15) is 14.9 Å². The van der Waals surface area contributed by atoms with Gasteiger partial charge in [-0.15, -0.1) is 11.3 Å². The summed E-state index contributed by atoms with van der Waals surface area (Å²) in [6.45, 7) is 1.77. The molecule has 2 heterocycles. The Labute approximate surface area is 178 Å². The number of anilines is 1. The fourth-order valence-electron chi connectivity index (χ4n) is 3.54. The molecule has 1 N–H and O–H groups in total. The number of ether oxygens (including phenoxy) is 1. The van der Waals surface area contributed by atoms with Crippen molar-refractivity contribution in [3.05, 3.63) is 71.0 Å². The van der Waals surface area contributed by atoms with Crippen LogP contribution in [0.1, 0.15) is 40.4 Å². The lowest BCUT2D eigenvalue weighted by Crippen LogP contribution is -2.32. The summed E-state index contributed by atoms with van der Waals surface area (Å²) >= 11 is 1.40. The minimum Gasteiger partial charge on any atom is -0.449 e. The maximum absolute atomic E-state index is 12.8. The van der Waals surface area contributed by atoms with Crippen LogP contribution in [0.15, 0.2) is 48.8 Å². The zero-order valence-corrected chi connectivity index (χ0v) is 17.2. The number of amides is 1. The summed E-state index contributed by atoms with van der Waals surface area (Å²) in [6, 6.07) is 13.6. The summed E-state index contributed by atoms with van der Waals surface area (Å²) in [6.07, 6.45) is 3.92. The number of nitrogens with zero attached hydrogens (tertiary/aromatic N) is 2. The van der Waals surface area contributed by atoms with Gasteiger partial charge in [0, 0.05) is 17.3 Å². The van der Waals surface area contributed by atoms with Gasteiger partial charge >= 0.3 is 5.97 Å². The molecule has 1 aliphatic rings. The Bertz CT molecular complexity index is 1150. The SMILES string of the molecule is CCC(OC(=O)c1cccnc1)C(=O)Nc1sc2c(c1C#N)CCc1ccccc1-2. The van der Waals surface area contributed by atoms with Crippen molar-refractivity contribution in [2.24, 2.45) is 0 Å². The molecule has 1 unspecified atom stereocenters. The molecule has 6 nitrogen and oxygen atoms in total. The van der Waals surface area contributed by atoms with Crippen molar-refractivity contribution in [1.29, 1.82) is 5.26 Å². The van der Waals surface area contributed by atoms with Crippen molar-refractivity contribution < 1.29 is 14.3 Å². The van der Waals surface area contributed by atoms with Crippen LogP contribution in [0.2, 0.25) is 0 Å². The number of hydrogen-bond donors (Lipinski definition) is 1. The van der Waals surface area contributed by atoms with Crippen LogP contribution in [-0.2, 0) is 22.4 Å². The number of thiophene rings is 1. The van der Waals surface area contributed by atoms with E-state index in [1.807, 2.05) is 18.2 Å². The zero-order chi connectivity index (χ0) is 21.1. The first-order chi connectivity index (χ1) is 14.6. The smallest absolute Gasteiger partial charge is 0.340 e. The third kappa shape index (κ3) is 3.70. The molecule has 0 spiro atoms. The highest BCUT2D eigenvalue weighted by molar-refractivity contribution is 7.20. The molecular formula is C23H19N3O3S. The number of hydrogen-bond acceptors (Lipinski definition) is 6. The highest BCUT2D eigenvalue weighted by Gasteiger charge is 2.28. The van der Waals surface area contributed by atoms with Gasteiger partial charge in [-0.25, -0.2) is 4.79 Å². The Morgan fingerprint density at radius 1 is 1.27 bits per heavy atom. The van der Waals surface area contributed by atoms with Gasteiger partial charge in [-0.05, 0) is 48.1 Å². The number of aromatic nitrogens is 1. The molecule has 4 rings (SSSR count). The predicted molar refractivity (Wildman–Crippen MR) is 114 cm³/mol. The minimum atomic E-state index is -0.962. The van der Waals surface area contributed by atoms with Crippen LogP contribution in [0.25, 0.3) is 10.4 Å². The predicted octanol–water partition coefficient (Wildman–Crippen LogP) is 4.35. The number of carbonyl (C=O) groups is 2. The quantitative estimate of drug-likeness (QED) is 0.623. The van der Waals surface area contributed by atoms with Crippen molar-refractivity contribution in [3.8, 4) is 16.5 Å². The lowest BCUT2D eigenvalue weighted by atomic mass is 9.90. The second-order valence-electron chi connectivity index (χ2n) is 6.92. The molecule has 150 valence electrons. The number of pyridine rings is 1. The molecule has 3 aromatic rings. The fourth-order valence-corrected chi connectivity index (χ4v) is 4.81. The standard InChI is InChI=1S/C23H19N3O3S/c1-2-19(29-23(28)15-7-5-11-25-13-15)21(27)26-22-18(12-24)17-10-9-14-6-3-4-8-16(14)20(17)30-22/h3-8,11,13,19H,2,9-10H2,1H3,(H,26,27). The summed E-state index contributed by atoms with van der Waals surface area (Å²) in [4.78, 5) is 30.0. The summed E-state index contributed by atoms with van der Waals surface area (Å²) < 4.78 is 5.38. The number of aryl methyl sites for hydroxylation is 1. The van der Waals surface area contributed by atoms with E-state index < -0.39 is 18.0 Å². The average Bonchev–Trinajstić information content (AvgIpc) is 3.15. The van der Waals surface area contributed by atoms with E-state index in [4.69, 9.17) is 4.74 Å². The molecule has 0 radical (unpaired) electrons. The van der Waals surface area contributed by atoms with Crippen molar-refractivity contribution in [1.82, 2.24) is 4.98 Å². The number of esters is 1. The molecule has 0 aliphatic heterocycles. The van der Waals surface area contributed by atoms with Crippen LogP contribution in [0.5, 0.6) is 0 Å². The Hall–Kier alpha value is -3.50. The van der Waals surface area contributed by atoms with Gasteiger partial charge in [0.15, 0.2) is 6.10 Å². The topological polar surface area (TPSA) is 92.1 Å².